The van der Waals surface area contributed by atoms with Crippen LogP contribution in [0.25, 0.3) is 0 Å². The number of benzene rings is 2. The van der Waals surface area contributed by atoms with E-state index < -0.39 is 6.10 Å². The lowest BCUT2D eigenvalue weighted by Gasteiger charge is -2.24. The van der Waals surface area contributed by atoms with Gasteiger partial charge in [-0.2, -0.15) is 5.10 Å². The monoisotopic (exact) mass is 326 g/mol. The summed E-state index contributed by atoms with van der Waals surface area (Å²) in [5.74, 6) is 1.63. The highest BCUT2D eigenvalue weighted by Gasteiger charge is 2.26. The number of carbonyl (C=O) groups is 1. The van der Waals surface area contributed by atoms with Crippen molar-refractivity contribution in [2.75, 3.05) is 13.2 Å². The molecule has 124 valence electrons. The van der Waals surface area contributed by atoms with Crippen LogP contribution in [0.15, 0.2) is 53.6 Å². The van der Waals surface area contributed by atoms with Crippen LogP contribution in [-0.4, -0.2) is 31.4 Å². The number of ether oxygens (including phenoxy) is 3. The molecular weight excluding hydrogens is 308 g/mol. The lowest BCUT2D eigenvalue weighted by Crippen LogP contribution is -2.42. The number of para-hydroxylation sites is 2. The van der Waals surface area contributed by atoms with Crippen molar-refractivity contribution < 1.29 is 19.0 Å². The van der Waals surface area contributed by atoms with Crippen molar-refractivity contribution in [1.82, 2.24) is 5.43 Å². The van der Waals surface area contributed by atoms with Crippen LogP contribution in [-0.2, 0) is 4.79 Å². The Morgan fingerprint density at radius 1 is 1.25 bits per heavy atom. The number of nitrogens with zero attached hydrogens (tertiary/aromatic N) is 1. The zero-order valence-electron chi connectivity index (χ0n) is 13.3. The van der Waals surface area contributed by atoms with Gasteiger partial charge in [0.05, 0.1) is 12.8 Å². The fourth-order valence-corrected chi connectivity index (χ4v) is 2.21. The summed E-state index contributed by atoms with van der Waals surface area (Å²) in [6.07, 6.45) is 0.836. The van der Waals surface area contributed by atoms with Gasteiger partial charge in [0.1, 0.15) is 12.4 Å². The maximum Gasteiger partial charge on any atom is 0.284 e. The molecule has 1 aliphatic rings. The molecule has 0 aromatic heterocycles. The molecule has 6 heteroatoms. The van der Waals surface area contributed by atoms with Crippen LogP contribution >= 0.6 is 0 Å². The van der Waals surface area contributed by atoms with Crippen LogP contribution < -0.4 is 19.6 Å². The highest BCUT2D eigenvalue weighted by Crippen LogP contribution is 2.30. The maximum absolute atomic E-state index is 12.1. The second-order valence-corrected chi connectivity index (χ2v) is 5.10. The number of hydrazone groups is 1. The SMILES string of the molecule is CCOc1ccc(/C=N/NC(=O)C2COc3ccccc3O2)cc1. The summed E-state index contributed by atoms with van der Waals surface area (Å²) in [7, 11) is 0. The first-order chi connectivity index (χ1) is 11.8. The van der Waals surface area contributed by atoms with E-state index in [0.29, 0.717) is 18.1 Å². The third-order valence-corrected chi connectivity index (χ3v) is 3.38. The van der Waals surface area contributed by atoms with E-state index in [2.05, 4.69) is 10.5 Å². The summed E-state index contributed by atoms with van der Waals surface area (Å²) in [5.41, 5.74) is 3.32. The number of rotatable bonds is 5. The van der Waals surface area contributed by atoms with Crippen molar-refractivity contribution in [3.63, 3.8) is 0 Å². The Morgan fingerprint density at radius 3 is 2.75 bits per heavy atom. The van der Waals surface area contributed by atoms with E-state index in [1.54, 1.807) is 18.3 Å². The largest absolute Gasteiger partial charge is 0.494 e. The van der Waals surface area contributed by atoms with Crippen molar-refractivity contribution in [2.45, 2.75) is 13.0 Å². The van der Waals surface area contributed by atoms with Gasteiger partial charge in [-0.1, -0.05) is 12.1 Å². The molecular formula is C18H18N2O4. The van der Waals surface area contributed by atoms with Gasteiger partial charge in [-0.05, 0) is 48.9 Å². The third-order valence-electron chi connectivity index (χ3n) is 3.38. The standard InChI is InChI=1S/C18H18N2O4/c1-2-22-14-9-7-13(8-10-14)11-19-20-18(21)17-12-23-15-5-3-4-6-16(15)24-17/h3-11,17H,2,12H2,1H3,(H,20,21)/b19-11+. The summed E-state index contributed by atoms with van der Waals surface area (Å²) in [5, 5.41) is 3.95. The summed E-state index contributed by atoms with van der Waals surface area (Å²) in [4.78, 5) is 12.1. The molecule has 2 aromatic rings. The Kier molecular flexibility index (Phi) is 4.96. The van der Waals surface area contributed by atoms with Gasteiger partial charge < -0.3 is 14.2 Å². The quantitative estimate of drug-likeness (QED) is 0.676. The fraction of sp³-hybridized carbons (Fsp3) is 0.222. The van der Waals surface area contributed by atoms with Crippen LogP contribution in [0.3, 0.4) is 0 Å². The molecule has 6 nitrogen and oxygen atoms in total. The van der Waals surface area contributed by atoms with Gasteiger partial charge in [-0.3, -0.25) is 4.79 Å². The van der Waals surface area contributed by atoms with Crippen LogP contribution in [0.5, 0.6) is 17.2 Å². The molecule has 0 saturated heterocycles. The summed E-state index contributed by atoms with van der Waals surface area (Å²) >= 11 is 0. The lowest BCUT2D eigenvalue weighted by molar-refractivity contribution is -0.130. The van der Waals surface area contributed by atoms with Crippen LogP contribution in [0.1, 0.15) is 12.5 Å². The van der Waals surface area contributed by atoms with Crippen molar-refractivity contribution in [3.05, 3.63) is 54.1 Å². The van der Waals surface area contributed by atoms with Gasteiger partial charge in [0, 0.05) is 0 Å². The first-order valence-electron chi connectivity index (χ1n) is 7.70. The topological polar surface area (TPSA) is 69.2 Å². The highest BCUT2D eigenvalue weighted by molar-refractivity contribution is 5.85. The van der Waals surface area contributed by atoms with E-state index in [1.807, 2.05) is 43.3 Å². The zero-order chi connectivity index (χ0) is 16.8. The lowest BCUT2D eigenvalue weighted by atomic mass is 10.2. The molecule has 0 radical (unpaired) electrons. The molecule has 0 bridgehead atoms. The zero-order valence-corrected chi connectivity index (χ0v) is 13.3. The average molecular weight is 326 g/mol. The molecule has 1 amide bonds. The molecule has 0 fully saturated rings. The second-order valence-electron chi connectivity index (χ2n) is 5.10. The van der Waals surface area contributed by atoms with Crippen LogP contribution in [0.4, 0.5) is 0 Å². The summed E-state index contributed by atoms with van der Waals surface area (Å²) in [6, 6.07) is 14.7. The van der Waals surface area contributed by atoms with Crippen molar-refractivity contribution >= 4 is 12.1 Å². The third kappa shape index (κ3) is 3.84. The van der Waals surface area contributed by atoms with E-state index in [4.69, 9.17) is 14.2 Å². The molecule has 2 aromatic carbocycles. The maximum atomic E-state index is 12.1. The number of carbonyl (C=O) groups excluding carboxylic acids is 1. The van der Waals surface area contributed by atoms with Gasteiger partial charge in [-0.25, -0.2) is 5.43 Å². The molecule has 1 atom stereocenters. The minimum atomic E-state index is -0.725. The minimum absolute atomic E-state index is 0.154. The van der Waals surface area contributed by atoms with E-state index >= 15 is 0 Å². The highest BCUT2D eigenvalue weighted by atomic mass is 16.6. The Morgan fingerprint density at radius 2 is 2.00 bits per heavy atom. The van der Waals surface area contributed by atoms with Gasteiger partial charge in [0.15, 0.2) is 11.5 Å². The normalized spacial score (nSPS) is 16.0. The van der Waals surface area contributed by atoms with Crippen LogP contribution in [0, 0.1) is 0 Å². The van der Waals surface area contributed by atoms with Gasteiger partial charge in [0.25, 0.3) is 5.91 Å². The van der Waals surface area contributed by atoms with E-state index in [9.17, 15) is 4.79 Å². The molecule has 1 aliphatic heterocycles. The molecule has 1 heterocycles. The predicted molar refractivity (Wildman–Crippen MR) is 89.7 cm³/mol. The van der Waals surface area contributed by atoms with Gasteiger partial charge in [0.2, 0.25) is 6.10 Å². The van der Waals surface area contributed by atoms with Gasteiger partial charge >= 0.3 is 0 Å². The molecule has 1 unspecified atom stereocenters. The summed E-state index contributed by atoms with van der Waals surface area (Å²) in [6.45, 7) is 2.71. The number of amides is 1. The number of nitrogens with one attached hydrogen (secondary N) is 1. The Balaban J connectivity index is 1.54. The molecule has 3 rings (SSSR count). The summed E-state index contributed by atoms with van der Waals surface area (Å²) < 4.78 is 16.5. The minimum Gasteiger partial charge on any atom is -0.494 e. The second kappa shape index (κ2) is 7.50. The van der Waals surface area contributed by atoms with Crippen LogP contribution in [0.2, 0.25) is 0 Å². The smallest absolute Gasteiger partial charge is 0.284 e. The van der Waals surface area contributed by atoms with Gasteiger partial charge in [-0.15, -0.1) is 0 Å². The molecule has 0 saturated carbocycles. The number of fused-ring (bicyclic) bond motifs is 1. The Bertz CT molecular complexity index is 728. The fourth-order valence-electron chi connectivity index (χ4n) is 2.21. The average Bonchev–Trinajstić information content (AvgIpc) is 2.63. The Labute approximate surface area is 140 Å². The molecule has 0 spiro atoms. The van der Waals surface area contributed by atoms with Crippen molar-refractivity contribution in [1.29, 1.82) is 0 Å². The van der Waals surface area contributed by atoms with E-state index in [-0.39, 0.29) is 12.5 Å². The predicted octanol–water partition coefficient (Wildman–Crippen LogP) is 2.38. The van der Waals surface area contributed by atoms with Crippen molar-refractivity contribution in [3.8, 4) is 17.2 Å². The molecule has 1 N–H and O–H groups in total. The van der Waals surface area contributed by atoms with E-state index in [1.165, 1.54) is 0 Å². The Hall–Kier alpha value is -3.02. The first-order valence-corrected chi connectivity index (χ1v) is 7.70. The first kappa shape index (κ1) is 15.9. The molecule has 0 aliphatic carbocycles. The number of hydrogen-bond acceptors (Lipinski definition) is 5. The van der Waals surface area contributed by atoms with E-state index in [0.717, 1.165) is 11.3 Å². The molecule has 24 heavy (non-hydrogen) atoms. The van der Waals surface area contributed by atoms with Crippen molar-refractivity contribution in [2.24, 2.45) is 5.10 Å². The number of hydrogen-bond donors (Lipinski definition) is 1.